The first kappa shape index (κ1) is 15.9. The van der Waals surface area contributed by atoms with Crippen molar-refractivity contribution in [2.75, 3.05) is 13.6 Å². The van der Waals surface area contributed by atoms with E-state index < -0.39 is 11.2 Å². The molecule has 22 heavy (non-hydrogen) atoms. The fourth-order valence-electron chi connectivity index (χ4n) is 2.30. The van der Waals surface area contributed by atoms with Crippen LogP contribution in [0.1, 0.15) is 30.1 Å². The van der Waals surface area contributed by atoms with Crippen LogP contribution in [0.15, 0.2) is 21.9 Å². The van der Waals surface area contributed by atoms with E-state index in [0.29, 0.717) is 12.1 Å². The average Bonchev–Trinajstić information content (AvgIpc) is 2.54. The summed E-state index contributed by atoms with van der Waals surface area (Å²) in [5, 5.41) is 0.263. The first-order chi connectivity index (χ1) is 10.4. The van der Waals surface area contributed by atoms with E-state index >= 15 is 0 Å². The van der Waals surface area contributed by atoms with Crippen LogP contribution in [0.25, 0.3) is 11.0 Å². The van der Waals surface area contributed by atoms with E-state index in [0.717, 1.165) is 17.4 Å². The molecular formula is C15H20N4O3. The summed E-state index contributed by atoms with van der Waals surface area (Å²) in [6, 6.07) is 1.51. The minimum absolute atomic E-state index is 0.182. The van der Waals surface area contributed by atoms with Gasteiger partial charge in [-0.05, 0) is 12.5 Å². The average molecular weight is 304 g/mol. The predicted octanol–water partition coefficient (Wildman–Crippen LogP) is 0.504. The molecule has 7 heteroatoms. The van der Waals surface area contributed by atoms with Crippen LogP contribution in [0.3, 0.4) is 0 Å². The molecule has 0 aliphatic rings. The molecule has 0 N–H and O–H groups in total. The number of nitrogens with zero attached hydrogens (tertiary/aromatic N) is 4. The summed E-state index contributed by atoms with van der Waals surface area (Å²) in [4.78, 5) is 42.2. The topological polar surface area (TPSA) is 77.2 Å². The molecule has 0 aliphatic carbocycles. The number of carbonyl (C=O) groups is 1. The second-order valence-electron chi connectivity index (χ2n) is 5.38. The zero-order valence-electron chi connectivity index (χ0n) is 13.3. The largest absolute Gasteiger partial charge is 0.342 e. The number of rotatable bonds is 4. The van der Waals surface area contributed by atoms with Crippen LogP contribution in [-0.2, 0) is 14.1 Å². The lowest BCUT2D eigenvalue weighted by atomic mass is 10.2. The Morgan fingerprint density at radius 1 is 1.27 bits per heavy atom. The fourth-order valence-corrected chi connectivity index (χ4v) is 2.30. The molecule has 0 fully saturated rings. The highest BCUT2D eigenvalue weighted by molar-refractivity contribution is 5.96. The standard InChI is InChI=1S/C15H20N4O3/c1-5-6-7-17(2)13(20)10-8-11-12(16-9-10)18(3)15(22)19(4)14(11)21/h8-9H,5-7H2,1-4H3. The molecular weight excluding hydrogens is 284 g/mol. The van der Waals surface area contributed by atoms with Crippen LogP contribution in [0.5, 0.6) is 0 Å². The lowest BCUT2D eigenvalue weighted by Crippen LogP contribution is -2.37. The van der Waals surface area contributed by atoms with E-state index in [1.165, 1.54) is 23.9 Å². The molecule has 0 atom stereocenters. The predicted molar refractivity (Wildman–Crippen MR) is 84.1 cm³/mol. The van der Waals surface area contributed by atoms with Gasteiger partial charge in [0.15, 0.2) is 0 Å². The smallest absolute Gasteiger partial charge is 0.332 e. The molecule has 0 bridgehead atoms. The van der Waals surface area contributed by atoms with Gasteiger partial charge in [0.1, 0.15) is 5.65 Å². The molecule has 0 aromatic carbocycles. The van der Waals surface area contributed by atoms with Gasteiger partial charge in [0, 0.05) is 33.9 Å². The molecule has 2 aromatic heterocycles. The van der Waals surface area contributed by atoms with Gasteiger partial charge in [-0.25, -0.2) is 9.78 Å². The molecule has 1 amide bonds. The third-order valence-electron chi connectivity index (χ3n) is 3.73. The van der Waals surface area contributed by atoms with Crippen molar-refractivity contribution in [3.8, 4) is 0 Å². The second-order valence-corrected chi connectivity index (χ2v) is 5.38. The van der Waals surface area contributed by atoms with Crippen LogP contribution >= 0.6 is 0 Å². The highest BCUT2D eigenvalue weighted by atomic mass is 16.2. The van der Waals surface area contributed by atoms with Gasteiger partial charge in [0.05, 0.1) is 10.9 Å². The Balaban J connectivity index is 2.54. The van der Waals surface area contributed by atoms with Crippen LogP contribution in [0.2, 0.25) is 0 Å². The minimum Gasteiger partial charge on any atom is -0.342 e. The van der Waals surface area contributed by atoms with Crippen molar-refractivity contribution in [3.63, 3.8) is 0 Å². The maximum atomic E-state index is 12.4. The number of unbranched alkanes of at least 4 members (excludes halogenated alkanes) is 1. The van der Waals surface area contributed by atoms with Crippen molar-refractivity contribution in [2.45, 2.75) is 19.8 Å². The Labute approximate surface area is 127 Å². The quantitative estimate of drug-likeness (QED) is 0.824. The molecule has 0 aliphatic heterocycles. The Kier molecular flexibility index (Phi) is 4.44. The molecule has 2 rings (SSSR count). The molecule has 0 saturated heterocycles. The normalized spacial score (nSPS) is 10.9. The van der Waals surface area contributed by atoms with Gasteiger partial charge in [0.25, 0.3) is 11.5 Å². The summed E-state index contributed by atoms with van der Waals surface area (Å²) >= 11 is 0. The summed E-state index contributed by atoms with van der Waals surface area (Å²) in [6.45, 7) is 2.71. The lowest BCUT2D eigenvalue weighted by molar-refractivity contribution is 0.0793. The first-order valence-corrected chi connectivity index (χ1v) is 7.19. The summed E-state index contributed by atoms with van der Waals surface area (Å²) in [5.41, 5.74) is -0.261. The van der Waals surface area contributed by atoms with Gasteiger partial charge in [-0.15, -0.1) is 0 Å². The zero-order valence-corrected chi connectivity index (χ0v) is 13.3. The van der Waals surface area contributed by atoms with Crippen LogP contribution in [-0.4, -0.2) is 38.5 Å². The molecule has 7 nitrogen and oxygen atoms in total. The van der Waals surface area contributed by atoms with Crippen LogP contribution in [0.4, 0.5) is 0 Å². The van der Waals surface area contributed by atoms with Crippen molar-refractivity contribution < 1.29 is 4.79 Å². The lowest BCUT2D eigenvalue weighted by Gasteiger charge is -2.17. The van der Waals surface area contributed by atoms with Gasteiger partial charge >= 0.3 is 5.69 Å². The second kappa shape index (κ2) is 6.13. The van der Waals surface area contributed by atoms with Gasteiger partial charge in [-0.1, -0.05) is 13.3 Å². The number of aryl methyl sites for hydroxylation is 1. The Morgan fingerprint density at radius 2 is 1.95 bits per heavy atom. The maximum Gasteiger partial charge on any atom is 0.332 e. The number of hydrogen-bond donors (Lipinski definition) is 0. The van der Waals surface area contributed by atoms with Crippen LogP contribution < -0.4 is 11.2 Å². The molecule has 0 unspecified atom stereocenters. The monoisotopic (exact) mass is 304 g/mol. The Hall–Kier alpha value is -2.44. The van der Waals surface area contributed by atoms with Crippen molar-refractivity contribution >= 4 is 16.9 Å². The number of carbonyl (C=O) groups excluding carboxylic acids is 1. The van der Waals surface area contributed by atoms with E-state index in [2.05, 4.69) is 11.9 Å². The van der Waals surface area contributed by atoms with E-state index in [1.54, 1.807) is 19.0 Å². The number of hydrogen-bond acceptors (Lipinski definition) is 4. The molecule has 0 spiro atoms. The molecule has 2 heterocycles. The molecule has 0 radical (unpaired) electrons. The van der Waals surface area contributed by atoms with E-state index in [4.69, 9.17) is 0 Å². The van der Waals surface area contributed by atoms with Gasteiger partial charge in [-0.2, -0.15) is 0 Å². The van der Waals surface area contributed by atoms with Gasteiger partial charge < -0.3 is 4.90 Å². The van der Waals surface area contributed by atoms with Crippen molar-refractivity contribution in [2.24, 2.45) is 14.1 Å². The van der Waals surface area contributed by atoms with Crippen molar-refractivity contribution in [1.29, 1.82) is 0 Å². The van der Waals surface area contributed by atoms with Crippen molar-refractivity contribution in [1.82, 2.24) is 19.0 Å². The van der Waals surface area contributed by atoms with Gasteiger partial charge in [0.2, 0.25) is 0 Å². The fraction of sp³-hybridized carbons (Fsp3) is 0.467. The molecule has 118 valence electrons. The number of aromatic nitrogens is 3. The number of pyridine rings is 1. The SMILES string of the molecule is CCCCN(C)C(=O)c1cnc2c(c1)c(=O)n(C)c(=O)n2C. The third-order valence-corrected chi connectivity index (χ3v) is 3.73. The minimum atomic E-state index is -0.448. The zero-order chi connectivity index (χ0) is 16.4. The first-order valence-electron chi connectivity index (χ1n) is 7.19. The summed E-state index contributed by atoms with van der Waals surface area (Å²) < 4.78 is 2.31. The number of fused-ring (bicyclic) bond motifs is 1. The number of amides is 1. The van der Waals surface area contributed by atoms with E-state index in [1.807, 2.05) is 0 Å². The van der Waals surface area contributed by atoms with Crippen molar-refractivity contribution in [3.05, 3.63) is 38.7 Å². The van der Waals surface area contributed by atoms with E-state index in [9.17, 15) is 14.4 Å². The van der Waals surface area contributed by atoms with E-state index in [-0.39, 0.29) is 16.9 Å². The molecule has 2 aromatic rings. The Bertz CT molecular complexity index is 835. The molecule has 0 saturated carbocycles. The maximum absolute atomic E-state index is 12.4. The summed E-state index contributed by atoms with van der Waals surface area (Å²) in [6.07, 6.45) is 3.32. The Morgan fingerprint density at radius 3 is 2.59 bits per heavy atom. The summed E-state index contributed by atoms with van der Waals surface area (Å²) in [7, 11) is 4.68. The third kappa shape index (κ3) is 2.66. The summed E-state index contributed by atoms with van der Waals surface area (Å²) in [5.74, 6) is -0.182. The highest BCUT2D eigenvalue weighted by Crippen LogP contribution is 2.10. The van der Waals surface area contributed by atoms with Crippen LogP contribution in [0, 0.1) is 0 Å². The highest BCUT2D eigenvalue weighted by Gasteiger charge is 2.15. The van der Waals surface area contributed by atoms with Gasteiger partial charge in [-0.3, -0.25) is 18.7 Å².